The van der Waals surface area contributed by atoms with Crippen LogP contribution in [-0.2, 0) is 0 Å². The van der Waals surface area contributed by atoms with Crippen LogP contribution in [0.25, 0.3) is 0 Å². The van der Waals surface area contributed by atoms with Gasteiger partial charge >= 0.3 is 5.97 Å². The predicted molar refractivity (Wildman–Crippen MR) is 45.2 cm³/mol. The third-order valence-electron chi connectivity index (χ3n) is 1.18. The molecule has 1 rings (SSSR count). The summed E-state index contributed by atoms with van der Waals surface area (Å²) in [6, 6.07) is 1.61. The molecule has 1 heterocycles. The van der Waals surface area contributed by atoms with E-state index < -0.39 is 5.97 Å². The van der Waals surface area contributed by atoms with Crippen molar-refractivity contribution in [3.8, 4) is 0 Å². The van der Waals surface area contributed by atoms with Crippen molar-refractivity contribution in [2.75, 3.05) is 0 Å². The van der Waals surface area contributed by atoms with Crippen molar-refractivity contribution in [3.63, 3.8) is 0 Å². The zero-order valence-electron chi connectivity index (χ0n) is 5.31. The number of halogens is 1. The normalized spacial score (nSPS) is 9.80. The van der Waals surface area contributed by atoms with Gasteiger partial charge in [0, 0.05) is 9.26 Å². The van der Waals surface area contributed by atoms with E-state index in [0.717, 1.165) is 9.26 Å². The minimum absolute atomic E-state index is 0.252. The summed E-state index contributed by atoms with van der Waals surface area (Å²) in [5.41, 5.74) is 1.15. The SMILES string of the molecule is Cc1[nH]c(C(=O)O)cc1I. The van der Waals surface area contributed by atoms with Crippen LogP contribution in [0.4, 0.5) is 0 Å². The number of aromatic carboxylic acids is 1. The second-order valence-electron chi connectivity index (χ2n) is 1.96. The van der Waals surface area contributed by atoms with Crippen LogP contribution in [0.3, 0.4) is 0 Å². The molecule has 0 radical (unpaired) electrons. The lowest BCUT2D eigenvalue weighted by molar-refractivity contribution is 0.0691. The number of nitrogens with one attached hydrogen (secondary N) is 1. The van der Waals surface area contributed by atoms with Gasteiger partial charge in [0.15, 0.2) is 0 Å². The Kier molecular flexibility index (Phi) is 1.98. The molecule has 0 fully saturated rings. The molecule has 0 aliphatic heterocycles. The molecule has 0 spiro atoms. The smallest absolute Gasteiger partial charge is 0.352 e. The van der Waals surface area contributed by atoms with Gasteiger partial charge in [-0.25, -0.2) is 4.79 Å². The van der Waals surface area contributed by atoms with E-state index >= 15 is 0 Å². The summed E-state index contributed by atoms with van der Waals surface area (Å²) in [6.07, 6.45) is 0. The van der Waals surface area contributed by atoms with E-state index in [1.54, 1.807) is 6.07 Å². The number of aryl methyl sites for hydroxylation is 1. The first-order chi connectivity index (χ1) is 4.61. The lowest BCUT2D eigenvalue weighted by atomic mass is 10.4. The summed E-state index contributed by atoms with van der Waals surface area (Å²) in [7, 11) is 0. The maximum Gasteiger partial charge on any atom is 0.352 e. The van der Waals surface area contributed by atoms with Crippen LogP contribution < -0.4 is 0 Å². The summed E-state index contributed by atoms with van der Waals surface area (Å²) < 4.78 is 0.954. The fraction of sp³-hybridized carbons (Fsp3) is 0.167. The highest BCUT2D eigenvalue weighted by molar-refractivity contribution is 14.1. The molecular weight excluding hydrogens is 245 g/mol. The number of H-pyrrole nitrogens is 1. The van der Waals surface area contributed by atoms with Gasteiger partial charge < -0.3 is 10.1 Å². The van der Waals surface area contributed by atoms with E-state index in [1.165, 1.54) is 0 Å². The first-order valence-corrected chi connectivity index (χ1v) is 3.77. The highest BCUT2D eigenvalue weighted by Gasteiger charge is 2.06. The van der Waals surface area contributed by atoms with Gasteiger partial charge in [-0.3, -0.25) is 0 Å². The molecule has 0 aliphatic carbocycles. The van der Waals surface area contributed by atoms with Crippen LogP contribution in [0.15, 0.2) is 6.07 Å². The van der Waals surface area contributed by atoms with Crippen LogP contribution in [0.1, 0.15) is 16.2 Å². The zero-order chi connectivity index (χ0) is 7.72. The molecule has 2 N–H and O–H groups in total. The van der Waals surface area contributed by atoms with Gasteiger partial charge in [-0.05, 0) is 35.6 Å². The van der Waals surface area contributed by atoms with Gasteiger partial charge in [0.1, 0.15) is 5.69 Å². The van der Waals surface area contributed by atoms with Crippen LogP contribution in [-0.4, -0.2) is 16.1 Å². The van der Waals surface area contributed by atoms with Crippen molar-refractivity contribution >= 4 is 28.6 Å². The highest BCUT2D eigenvalue weighted by atomic mass is 127. The Hall–Kier alpha value is -0.520. The summed E-state index contributed by atoms with van der Waals surface area (Å²) in [6.45, 7) is 1.84. The Morgan fingerprint density at radius 1 is 1.80 bits per heavy atom. The Morgan fingerprint density at radius 2 is 2.40 bits per heavy atom. The average molecular weight is 251 g/mol. The minimum atomic E-state index is -0.911. The van der Waals surface area contributed by atoms with Crippen molar-refractivity contribution in [2.24, 2.45) is 0 Å². The molecule has 1 aromatic heterocycles. The van der Waals surface area contributed by atoms with Crippen molar-refractivity contribution in [1.29, 1.82) is 0 Å². The van der Waals surface area contributed by atoms with Crippen molar-refractivity contribution < 1.29 is 9.90 Å². The lowest BCUT2D eigenvalue weighted by Crippen LogP contribution is -1.95. The summed E-state index contributed by atoms with van der Waals surface area (Å²) in [5, 5.41) is 8.49. The third kappa shape index (κ3) is 1.31. The highest BCUT2D eigenvalue weighted by Crippen LogP contribution is 2.11. The average Bonchev–Trinajstić information content (AvgIpc) is 2.13. The molecule has 4 heteroatoms. The Labute approximate surface area is 71.6 Å². The largest absolute Gasteiger partial charge is 0.477 e. The molecule has 0 bridgehead atoms. The maximum atomic E-state index is 10.3. The number of aromatic amines is 1. The van der Waals surface area contributed by atoms with Gasteiger partial charge in [-0.1, -0.05) is 0 Å². The second-order valence-corrected chi connectivity index (χ2v) is 3.12. The standard InChI is InChI=1S/C6H6INO2/c1-3-4(7)2-5(8-3)6(9)10/h2,8H,1H3,(H,9,10). The number of hydrogen-bond acceptors (Lipinski definition) is 1. The molecular formula is C6H6INO2. The number of aromatic nitrogens is 1. The van der Waals surface area contributed by atoms with Crippen molar-refractivity contribution in [3.05, 3.63) is 21.0 Å². The molecule has 10 heavy (non-hydrogen) atoms. The monoisotopic (exact) mass is 251 g/mol. The molecule has 0 unspecified atom stereocenters. The minimum Gasteiger partial charge on any atom is -0.477 e. The zero-order valence-corrected chi connectivity index (χ0v) is 7.47. The Bertz CT molecular complexity index is 247. The first kappa shape index (κ1) is 7.59. The fourth-order valence-electron chi connectivity index (χ4n) is 0.648. The van der Waals surface area contributed by atoms with Gasteiger partial charge in [0.05, 0.1) is 0 Å². The van der Waals surface area contributed by atoms with E-state index in [-0.39, 0.29) is 5.69 Å². The molecule has 3 nitrogen and oxygen atoms in total. The summed E-state index contributed by atoms with van der Waals surface area (Å²) in [5.74, 6) is -0.911. The van der Waals surface area contributed by atoms with Gasteiger partial charge in [0.25, 0.3) is 0 Å². The van der Waals surface area contributed by atoms with E-state index in [4.69, 9.17) is 5.11 Å². The lowest BCUT2D eigenvalue weighted by Gasteiger charge is -1.83. The number of hydrogen-bond donors (Lipinski definition) is 2. The molecule has 0 aliphatic rings. The summed E-state index contributed by atoms with van der Waals surface area (Å²) >= 11 is 2.08. The van der Waals surface area contributed by atoms with Crippen LogP contribution in [0, 0.1) is 10.5 Å². The molecule has 0 aromatic carbocycles. The molecule has 0 saturated heterocycles. The first-order valence-electron chi connectivity index (χ1n) is 2.69. The predicted octanol–water partition coefficient (Wildman–Crippen LogP) is 1.63. The topological polar surface area (TPSA) is 53.1 Å². The van der Waals surface area contributed by atoms with E-state index in [0.29, 0.717) is 0 Å². The second kappa shape index (κ2) is 2.61. The Balaban J connectivity index is 3.10. The van der Waals surface area contributed by atoms with Crippen LogP contribution in [0.2, 0.25) is 0 Å². The van der Waals surface area contributed by atoms with Gasteiger partial charge in [0.2, 0.25) is 0 Å². The van der Waals surface area contributed by atoms with E-state index in [2.05, 4.69) is 27.6 Å². The van der Waals surface area contributed by atoms with E-state index in [1.807, 2.05) is 6.92 Å². The molecule has 0 saturated carbocycles. The van der Waals surface area contributed by atoms with Gasteiger partial charge in [-0.15, -0.1) is 0 Å². The number of carboxylic acid groups (broad SMARTS) is 1. The third-order valence-corrected chi connectivity index (χ3v) is 2.30. The molecule has 0 atom stereocenters. The molecule has 1 aromatic rings. The maximum absolute atomic E-state index is 10.3. The fourth-order valence-corrected chi connectivity index (χ4v) is 1.09. The molecule has 54 valence electrons. The summed E-state index contributed by atoms with van der Waals surface area (Å²) in [4.78, 5) is 13.1. The quantitative estimate of drug-likeness (QED) is 0.745. The Morgan fingerprint density at radius 3 is 2.60 bits per heavy atom. The van der Waals surface area contributed by atoms with Crippen molar-refractivity contribution in [2.45, 2.75) is 6.92 Å². The van der Waals surface area contributed by atoms with Crippen LogP contribution >= 0.6 is 22.6 Å². The number of carboxylic acids is 1. The molecule has 0 amide bonds. The number of carbonyl (C=O) groups is 1. The van der Waals surface area contributed by atoms with Gasteiger partial charge in [-0.2, -0.15) is 0 Å². The van der Waals surface area contributed by atoms with E-state index in [9.17, 15) is 4.79 Å². The number of rotatable bonds is 1. The van der Waals surface area contributed by atoms with Crippen LogP contribution in [0.5, 0.6) is 0 Å². The van der Waals surface area contributed by atoms with Crippen molar-refractivity contribution in [1.82, 2.24) is 4.98 Å².